The van der Waals surface area contributed by atoms with Gasteiger partial charge in [0.25, 0.3) is 0 Å². The summed E-state index contributed by atoms with van der Waals surface area (Å²) in [6.07, 6.45) is 96.9. The van der Waals surface area contributed by atoms with E-state index in [1.165, 1.54) is 193 Å². The van der Waals surface area contributed by atoms with Crippen LogP contribution in [0.2, 0.25) is 0 Å². The zero-order valence-electron chi connectivity index (χ0n) is 54.7. The highest BCUT2D eigenvalue weighted by atomic mass is 16.6. The van der Waals surface area contributed by atoms with E-state index in [2.05, 4.69) is 130 Å². The second-order valence-electron chi connectivity index (χ2n) is 23.4. The molecule has 0 aliphatic rings. The van der Waals surface area contributed by atoms with Crippen molar-refractivity contribution < 1.29 is 28.6 Å². The molecule has 1 atom stereocenters. The van der Waals surface area contributed by atoms with E-state index >= 15 is 0 Å². The molecule has 0 N–H and O–H groups in total. The fourth-order valence-electron chi connectivity index (χ4n) is 9.99. The van der Waals surface area contributed by atoms with Crippen LogP contribution in [0.3, 0.4) is 0 Å². The Hall–Kier alpha value is -3.93. The number of carbonyl (C=O) groups excluding carboxylic acids is 3. The molecule has 476 valence electrons. The maximum Gasteiger partial charge on any atom is 0.306 e. The Bertz CT molecular complexity index is 1660. The lowest BCUT2D eigenvalue weighted by Gasteiger charge is -2.18. The van der Waals surface area contributed by atoms with Gasteiger partial charge in [-0.25, -0.2) is 0 Å². The van der Waals surface area contributed by atoms with Crippen LogP contribution in [-0.2, 0) is 28.6 Å². The van der Waals surface area contributed by atoms with Crippen LogP contribution in [0.1, 0.15) is 342 Å². The van der Waals surface area contributed by atoms with E-state index in [9.17, 15) is 14.4 Å². The molecule has 0 aliphatic heterocycles. The van der Waals surface area contributed by atoms with E-state index in [4.69, 9.17) is 14.2 Å². The van der Waals surface area contributed by atoms with Crippen molar-refractivity contribution in [1.82, 2.24) is 0 Å². The summed E-state index contributed by atoms with van der Waals surface area (Å²) in [5.41, 5.74) is 0. The lowest BCUT2D eigenvalue weighted by molar-refractivity contribution is -0.167. The number of hydrogen-bond acceptors (Lipinski definition) is 6. The van der Waals surface area contributed by atoms with Gasteiger partial charge in [-0.3, -0.25) is 14.4 Å². The molecular weight excluding hydrogens is 1020 g/mol. The summed E-state index contributed by atoms with van der Waals surface area (Å²) in [4.78, 5) is 38.4. The van der Waals surface area contributed by atoms with Crippen molar-refractivity contribution in [3.05, 3.63) is 109 Å². The van der Waals surface area contributed by atoms with E-state index in [1.807, 2.05) is 0 Å². The largest absolute Gasteiger partial charge is 0.462 e. The second-order valence-corrected chi connectivity index (χ2v) is 23.4. The molecule has 0 rings (SSSR count). The summed E-state index contributed by atoms with van der Waals surface area (Å²) in [5, 5.41) is 0. The van der Waals surface area contributed by atoms with E-state index in [0.717, 1.165) is 109 Å². The molecule has 0 heterocycles. The smallest absolute Gasteiger partial charge is 0.306 e. The van der Waals surface area contributed by atoms with Gasteiger partial charge in [0.2, 0.25) is 0 Å². The number of allylic oxidation sites excluding steroid dienone is 18. The molecule has 83 heavy (non-hydrogen) atoms. The van der Waals surface area contributed by atoms with Gasteiger partial charge in [0.05, 0.1) is 0 Å². The zero-order valence-corrected chi connectivity index (χ0v) is 54.7. The summed E-state index contributed by atoms with van der Waals surface area (Å²) in [6, 6.07) is 0. The average Bonchev–Trinajstić information content (AvgIpc) is 3.49. The predicted molar refractivity (Wildman–Crippen MR) is 362 cm³/mol. The SMILES string of the molecule is CC/C=C\C/C=C\C/C=C\C/C=C\C/C=C\C/C=C\C/C=C\C/C=C\CCCCC(=O)OCC(COC(=O)CCCCCCCCCCCCCCC)OC(=O)CCCCCCCCCCCCCCC/C=C\CCCCCCCCCC. The third-order valence-corrected chi connectivity index (χ3v) is 15.3. The topological polar surface area (TPSA) is 78.9 Å². The monoisotopic (exact) mass is 1150 g/mol. The van der Waals surface area contributed by atoms with E-state index in [-0.39, 0.29) is 31.1 Å². The van der Waals surface area contributed by atoms with Crippen molar-refractivity contribution in [2.75, 3.05) is 13.2 Å². The summed E-state index contributed by atoms with van der Waals surface area (Å²) in [7, 11) is 0. The van der Waals surface area contributed by atoms with Crippen molar-refractivity contribution in [2.24, 2.45) is 0 Å². The standard InChI is InChI=1S/C77H132O6/c1-4-7-10-13-16-19-22-25-27-29-31-33-35-37-38-40-41-43-45-47-49-52-55-58-61-64-67-70-76(79)82-73-74(72-81-75(78)69-66-63-60-57-54-51-24-21-18-15-12-9-6-3)83-77(80)71-68-65-62-59-56-53-50-48-46-44-42-39-36-34-32-30-28-26-23-20-17-14-11-8-5-2/h7,10,16,19,25,27,30-33,37-38,41,43,47,49,55,58,74H,4-6,8-9,11-15,17-18,20-24,26,28-29,34-36,39-40,42,44-46,48,50-54,56-57,59-73H2,1-3H3/b10-7-,19-16-,27-25-,32-30-,33-31-,38-37-,43-41-,49-47-,58-55-. The van der Waals surface area contributed by atoms with Gasteiger partial charge in [-0.15, -0.1) is 0 Å². The fraction of sp³-hybridized carbons (Fsp3) is 0.727. The van der Waals surface area contributed by atoms with Crippen molar-refractivity contribution in [3.63, 3.8) is 0 Å². The molecule has 6 heteroatoms. The zero-order chi connectivity index (χ0) is 59.9. The van der Waals surface area contributed by atoms with Crippen LogP contribution in [0.15, 0.2) is 109 Å². The Morgan fingerprint density at radius 1 is 0.253 bits per heavy atom. The van der Waals surface area contributed by atoms with Gasteiger partial charge in [-0.05, 0) is 109 Å². The number of ether oxygens (including phenoxy) is 3. The first-order valence-corrected chi connectivity index (χ1v) is 35.4. The Balaban J connectivity index is 4.37. The Kier molecular flexibility index (Phi) is 67.2. The lowest BCUT2D eigenvalue weighted by atomic mass is 10.0. The summed E-state index contributed by atoms with van der Waals surface area (Å²) >= 11 is 0. The predicted octanol–water partition coefficient (Wildman–Crippen LogP) is 24.6. The van der Waals surface area contributed by atoms with Gasteiger partial charge in [0.15, 0.2) is 6.10 Å². The van der Waals surface area contributed by atoms with Crippen LogP contribution < -0.4 is 0 Å². The molecule has 0 saturated heterocycles. The molecule has 0 saturated carbocycles. The molecule has 0 fully saturated rings. The van der Waals surface area contributed by atoms with E-state index in [1.54, 1.807) is 0 Å². The van der Waals surface area contributed by atoms with Gasteiger partial charge in [-0.1, -0.05) is 323 Å². The van der Waals surface area contributed by atoms with Gasteiger partial charge >= 0.3 is 17.9 Å². The van der Waals surface area contributed by atoms with E-state index in [0.29, 0.717) is 19.3 Å². The van der Waals surface area contributed by atoms with Crippen molar-refractivity contribution in [2.45, 2.75) is 348 Å². The molecular formula is C77H132O6. The minimum absolute atomic E-state index is 0.0893. The lowest BCUT2D eigenvalue weighted by Crippen LogP contribution is -2.30. The number of carbonyl (C=O) groups is 3. The number of esters is 3. The third kappa shape index (κ3) is 68.7. The fourth-order valence-corrected chi connectivity index (χ4v) is 9.99. The average molecular weight is 1150 g/mol. The molecule has 0 aromatic heterocycles. The first-order valence-electron chi connectivity index (χ1n) is 35.4. The molecule has 0 radical (unpaired) electrons. The maximum atomic E-state index is 13.0. The summed E-state index contributed by atoms with van der Waals surface area (Å²) < 4.78 is 16.9. The Morgan fingerprint density at radius 3 is 0.771 bits per heavy atom. The molecule has 0 amide bonds. The highest BCUT2D eigenvalue weighted by Gasteiger charge is 2.19. The maximum absolute atomic E-state index is 13.0. The van der Waals surface area contributed by atoms with Crippen LogP contribution in [0.4, 0.5) is 0 Å². The summed E-state index contributed by atoms with van der Waals surface area (Å²) in [6.45, 7) is 6.53. The number of unbranched alkanes of at least 4 members (excludes halogenated alkanes) is 35. The normalized spacial score (nSPS) is 12.8. The van der Waals surface area contributed by atoms with Crippen LogP contribution >= 0.6 is 0 Å². The first-order chi connectivity index (χ1) is 41.0. The van der Waals surface area contributed by atoms with Crippen molar-refractivity contribution in [3.8, 4) is 0 Å². The van der Waals surface area contributed by atoms with Crippen molar-refractivity contribution >= 4 is 17.9 Å². The molecule has 0 aliphatic carbocycles. The van der Waals surface area contributed by atoms with Gasteiger partial charge < -0.3 is 14.2 Å². The minimum Gasteiger partial charge on any atom is -0.462 e. The van der Waals surface area contributed by atoms with Gasteiger partial charge in [0.1, 0.15) is 13.2 Å². The van der Waals surface area contributed by atoms with E-state index < -0.39 is 6.10 Å². The van der Waals surface area contributed by atoms with Crippen LogP contribution in [-0.4, -0.2) is 37.2 Å². The Morgan fingerprint density at radius 2 is 0.470 bits per heavy atom. The Labute approximate surface area is 514 Å². The quantitative estimate of drug-likeness (QED) is 0.0261. The van der Waals surface area contributed by atoms with Crippen molar-refractivity contribution in [1.29, 1.82) is 0 Å². The van der Waals surface area contributed by atoms with Gasteiger partial charge in [-0.2, -0.15) is 0 Å². The van der Waals surface area contributed by atoms with Gasteiger partial charge in [0, 0.05) is 19.3 Å². The number of rotatable bonds is 64. The highest BCUT2D eigenvalue weighted by molar-refractivity contribution is 5.71. The second kappa shape index (κ2) is 70.6. The molecule has 6 nitrogen and oxygen atoms in total. The molecule has 0 spiro atoms. The van der Waals surface area contributed by atoms with Crippen LogP contribution in [0.5, 0.6) is 0 Å². The highest BCUT2D eigenvalue weighted by Crippen LogP contribution is 2.17. The first kappa shape index (κ1) is 79.1. The van der Waals surface area contributed by atoms with Crippen LogP contribution in [0.25, 0.3) is 0 Å². The molecule has 0 bridgehead atoms. The number of hydrogen-bond donors (Lipinski definition) is 0. The summed E-state index contributed by atoms with van der Waals surface area (Å²) in [5.74, 6) is -0.921. The molecule has 0 aromatic carbocycles. The third-order valence-electron chi connectivity index (χ3n) is 15.3. The molecule has 1 unspecified atom stereocenters. The van der Waals surface area contributed by atoms with Crippen LogP contribution in [0, 0.1) is 0 Å². The minimum atomic E-state index is -0.797. The molecule has 0 aromatic rings.